The lowest BCUT2D eigenvalue weighted by Crippen LogP contribution is -2.04. The predicted molar refractivity (Wildman–Crippen MR) is 78.6 cm³/mol. The van der Waals surface area contributed by atoms with Gasteiger partial charge in [-0.25, -0.2) is 4.98 Å². The maximum atomic E-state index is 12.7. The van der Waals surface area contributed by atoms with E-state index in [2.05, 4.69) is 25.9 Å². The van der Waals surface area contributed by atoms with E-state index in [1.807, 2.05) is 0 Å². The molecule has 0 spiro atoms. The van der Waals surface area contributed by atoms with Gasteiger partial charge in [0.05, 0.1) is 16.6 Å². The van der Waals surface area contributed by atoms with Crippen LogP contribution >= 0.6 is 15.9 Å². The highest BCUT2D eigenvalue weighted by molar-refractivity contribution is 9.10. The van der Waals surface area contributed by atoms with Crippen molar-refractivity contribution in [2.24, 2.45) is 0 Å². The van der Waals surface area contributed by atoms with Gasteiger partial charge in [-0.15, -0.1) is 0 Å². The zero-order chi connectivity index (χ0) is 15.2. The van der Waals surface area contributed by atoms with Crippen molar-refractivity contribution in [3.05, 3.63) is 46.4 Å². The molecule has 0 unspecified atom stereocenters. The Hall–Kier alpha value is -2.02. The lowest BCUT2D eigenvalue weighted by atomic mass is 10.2. The Bertz CT molecular complexity index is 824. The van der Waals surface area contributed by atoms with Gasteiger partial charge in [-0.1, -0.05) is 0 Å². The van der Waals surface area contributed by atoms with Crippen LogP contribution in [0, 0.1) is 0 Å². The number of nitrogens with one attached hydrogen (secondary N) is 1. The van der Waals surface area contributed by atoms with Crippen LogP contribution in [0.4, 0.5) is 18.9 Å². The molecule has 1 aromatic heterocycles. The molecular weight excluding hydrogens is 347 g/mol. The van der Waals surface area contributed by atoms with Crippen LogP contribution < -0.4 is 5.73 Å². The molecular formula is C14H9BrF3N3. The van der Waals surface area contributed by atoms with Crippen molar-refractivity contribution in [2.45, 2.75) is 6.18 Å². The summed E-state index contributed by atoms with van der Waals surface area (Å²) in [5.74, 6) is 0.491. The minimum absolute atomic E-state index is 0.341. The number of fused-ring (bicyclic) bond motifs is 1. The van der Waals surface area contributed by atoms with Crippen LogP contribution in [0.2, 0.25) is 0 Å². The Balaban J connectivity index is 2.10. The van der Waals surface area contributed by atoms with Gasteiger partial charge in [0.25, 0.3) is 0 Å². The van der Waals surface area contributed by atoms with E-state index in [4.69, 9.17) is 5.73 Å². The van der Waals surface area contributed by atoms with E-state index in [0.717, 1.165) is 17.7 Å². The Morgan fingerprint density at radius 3 is 2.52 bits per heavy atom. The van der Waals surface area contributed by atoms with Crippen LogP contribution in [0.25, 0.3) is 22.4 Å². The zero-order valence-electron chi connectivity index (χ0n) is 10.5. The smallest absolute Gasteiger partial charge is 0.398 e. The maximum Gasteiger partial charge on any atom is 0.416 e. The quantitative estimate of drug-likeness (QED) is 0.627. The summed E-state index contributed by atoms with van der Waals surface area (Å²) in [6.45, 7) is 0. The van der Waals surface area contributed by atoms with Crippen LogP contribution in [0.5, 0.6) is 0 Å². The number of alkyl halides is 3. The standard InChI is InChI=1S/C14H9BrF3N3/c15-9-5-7(1-3-10(9)19)13-20-11-4-2-8(14(16,17)18)6-12(11)21-13/h1-6H,19H2,(H,20,21). The van der Waals surface area contributed by atoms with Crippen molar-refractivity contribution in [3.8, 4) is 11.4 Å². The highest BCUT2D eigenvalue weighted by Gasteiger charge is 2.30. The van der Waals surface area contributed by atoms with E-state index in [1.165, 1.54) is 6.07 Å². The summed E-state index contributed by atoms with van der Waals surface area (Å²) >= 11 is 3.31. The minimum atomic E-state index is -4.37. The number of nitrogen functional groups attached to an aromatic ring is 1. The number of aromatic amines is 1. The summed E-state index contributed by atoms with van der Waals surface area (Å²) in [6, 6.07) is 8.64. The molecule has 21 heavy (non-hydrogen) atoms. The van der Waals surface area contributed by atoms with Crippen LogP contribution in [0.1, 0.15) is 5.56 Å². The molecule has 0 bridgehead atoms. The highest BCUT2D eigenvalue weighted by atomic mass is 79.9. The summed E-state index contributed by atoms with van der Waals surface area (Å²) in [7, 11) is 0. The summed E-state index contributed by atoms with van der Waals surface area (Å²) in [6.07, 6.45) is -4.37. The van der Waals surface area contributed by atoms with Gasteiger partial charge >= 0.3 is 6.18 Å². The number of hydrogen-bond acceptors (Lipinski definition) is 2. The number of H-pyrrole nitrogens is 1. The molecule has 3 N–H and O–H groups in total. The molecule has 3 aromatic rings. The van der Waals surface area contributed by atoms with E-state index in [9.17, 15) is 13.2 Å². The zero-order valence-corrected chi connectivity index (χ0v) is 12.1. The second-order valence-electron chi connectivity index (χ2n) is 4.55. The molecule has 7 heteroatoms. The number of nitrogens with two attached hydrogens (primary N) is 1. The lowest BCUT2D eigenvalue weighted by molar-refractivity contribution is -0.137. The van der Waals surface area contributed by atoms with Gasteiger partial charge in [0.15, 0.2) is 0 Å². The molecule has 0 saturated heterocycles. The molecule has 0 atom stereocenters. The second kappa shape index (κ2) is 4.77. The Labute approximate surface area is 126 Å². The van der Waals surface area contributed by atoms with Crippen LogP contribution in [-0.2, 0) is 6.18 Å². The average Bonchev–Trinajstić information content (AvgIpc) is 2.83. The first-order valence-corrected chi connectivity index (χ1v) is 6.76. The normalized spacial score (nSPS) is 12.0. The fraction of sp³-hybridized carbons (Fsp3) is 0.0714. The number of nitrogens with zero attached hydrogens (tertiary/aromatic N) is 1. The molecule has 0 aliphatic rings. The monoisotopic (exact) mass is 355 g/mol. The van der Waals surface area contributed by atoms with E-state index in [0.29, 0.717) is 27.0 Å². The first kappa shape index (κ1) is 13.9. The molecule has 1 heterocycles. The molecule has 0 aliphatic carbocycles. The predicted octanol–water partition coefficient (Wildman–Crippen LogP) is 4.59. The van der Waals surface area contributed by atoms with E-state index in [-0.39, 0.29) is 0 Å². The first-order valence-electron chi connectivity index (χ1n) is 5.97. The average molecular weight is 356 g/mol. The molecule has 3 nitrogen and oxygen atoms in total. The van der Waals surface area contributed by atoms with Gasteiger partial charge in [0.1, 0.15) is 5.82 Å². The van der Waals surface area contributed by atoms with Gasteiger partial charge in [-0.2, -0.15) is 13.2 Å². The molecule has 0 fully saturated rings. The third-order valence-electron chi connectivity index (χ3n) is 3.08. The van der Waals surface area contributed by atoms with E-state index >= 15 is 0 Å². The highest BCUT2D eigenvalue weighted by Crippen LogP contribution is 2.32. The Morgan fingerprint density at radius 1 is 1.10 bits per heavy atom. The van der Waals surface area contributed by atoms with Gasteiger partial charge in [0.2, 0.25) is 0 Å². The van der Waals surface area contributed by atoms with Crippen molar-refractivity contribution < 1.29 is 13.2 Å². The van der Waals surface area contributed by atoms with Crippen molar-refractivity contribution in [1.82, 2.24) is 9.97 Å². The number of rotatable bonds is 1. The summed E-state index contributed by atoms with van der Waals surface area (Å²) in [4.78, 5) is 7.19. The summed E-state index contributed by atoms with van der Waals surface area (Å²) < 4.78 is 38.8. The fourth-order valence-corrected chi connectivity index (χ4v) is 2.38. The summed E-state index contributed by atoms with van der Waals surface area (Å²) in [5, 5.41) is 0. The molecule has 0 aliphatic heterocycles. The fourth-order valence-electron chi connectivity index (χ4n) is 2.00. The number of imidazole rings is 1. The van der Waals surface area contributed by atoms with Crippen molar-refractivity contribution >= 4 is 32.7 Å². The summed E-state index contributed by atoms with van der Waals surface area (Å²) in [5.41, 5.74) is 7.14. The minimum Gasteiger partial charge on any atom is -0.398 e. The maximum absolute atomic E-state index is 12.7. The molecule has 0 amide bonds. The molecule has 3 rings (SSSR count). The SMILES string of the molecule is Nc1ccc(-c2nc3ccc(C(F)(F)F)cc3[nH]2)cc1Br. The molecule has 0 radical (unpaired) electrons. The largest absolute Gasteiger partial charge is 0.416 e. The number of benzene rings is 2. The molecule has 108 valence electrons. The van der Waals surface area contributed by atoms with Crippen LogP contribution in [0.15, 0.2) is 40.9 Å². The van der Waals surface area contributed by atoms with E-state index in [1.54, 1.807) is 18.2 Å². The lowest BCUT2D eigenvalue weighted by Gasteiger charge is -2.05. The van der Waals surface area contributed by atoms with E-state index < -0.39 is 11.7 Å². The van der Waals surface area contributed by atoms with Crippen molar-refractivity contribution in [1.29, 1.82) is 0 Å². The van der Waals surface area contributed by atoms with Gasteiger partial charge in [-0.3, -0.25) is 0 Å². The van der Waals surface area contributed by atoms with Crippen molar-refractivity contribution in [3.63, 3.8) is 0 Å². The topological polar surface area (TPSA) is 54.7 Å². The number of hydrogen-bond donors (Lipinski definition) is 2. The van der Waals surface area contributed by atoms with Gasteiger partial charge in [-0.05, 0) is 52.3 Å². The number of aromatic nitrogens is 2. The second-order valence-corrected chi connectivity index (χ2v) is 5.41. The molecule has 2 aromatic carbocycles. The third kappa shape index (κ3) is 2.61. The third-order valence-corrected chi connectivity index (χ3v) is 3.77. The van der Waals surface area contributed by atoms with Gasteiger partial charge in [0, 0.05) is 15.7 Å². The number of anilines is 1. The Kier molecular flexibility index (Phi) is 3.16. The molecule has 0 saturated carbocycles. The van der Waals surface area contributed by atoms with Crippen LogP contribution in [-0.4, -0.2) is 9.97 Å². The first-order chi connectivity index (χ1) is 9.84. The van der Waals surface area contributed by atoms with Crippen molar-refractivity contribution in [2.75, 3.05) is 5.73 Å². The van der Waals surface area contributed by atoms with Gasteiger partial charge < -0.3 is 10.7 Å². The Morgan fingerprint density at radius 2 is 1.86 bits per heavy atom. The number of halogens is 4. The van der Waals surface area contributed by atoms with Crippen LogP contribution in [0.3, 0.4) is 0 Å².